The van der Waals surface area contributed by atoms with Crippen LogP contribution in [0.15, 0.2) is 24.3 Å². The summed E-state index contributed by atoms with van der Waals surface area (Å²) in [5.41, 5.74) is 6.54. The summed E-state index contributed by atoms with van der Waals surface area (Å²) in [6.45, 7) is 3.76. The third-order valence-corrected chi connectivity index (χ3v) is 3.04. The average Bonchev–Trinajstić information content (AvgIpc) is 2.39. The summed E-state index contributed by atoms with van der Waals surface area (Å²) in [5, 5.41) is 22.5. The summed E-state index contributed by atoms with van der Waals surface area (Å²) in [5.74, 6) is -1.54. The number of carbonyl (C=O) groups excluding carboxylic acids is 1. The molecular weight excluding hydrogens is 272 g/mol. The van der Waals surface area contributed by atoms with Crippen LogP contribution in [-0.2, 0) is 16.0 Å². The van der Waals surface area contributed by atoms with E-state index in [1.807, 2.05) is 13.8 Å². The van der Waals surface area contributed by atoms with Gasteiger partial charge in [-0.05, 0) is 24.3 Å². The number of aliphatic carboxylic acids is 1. The summed E-state index contributed by atoms with van der Waals surface area (Å²) < 4.78 is 0. The molecule has 6 heteroatoms. The predicted molar refractivity (Wildman–Crippen MR) is 76.6 cm³/mol. The van der Waals surface area contributed by atoms with Crippen LogP contribution < -0.4 is 16.2 Å². The monoisotopic (exact) mass is 293 g/mol. The molecule has 0 fully saturated rings. The largest absolute Gasteiger partial charge is 0.872 e. The maximum atomic E-state index is 11.9. The maximum absolute atomic E-state index is 11.9. The van der Waals surface area contributed by atoms with Gasteiger partial charge in [-0.3, -0.25) is 4.79 Å². The molecule has 0 aliphatic heterocycles. The molecule has 6 nitrogen and oxygen atoms in total. The van der Waals surface area contributed by atoms with E-state index in [0.717, 1.165) is 5.56 Å². The standard InChI is InChI=1S/C15H22N2O4/c1-9(2)7-13(15(20)21)17-14(19)12(16)8-10-3-5-11(18)6-4-10/h3-6,9,12-13,18H,7-8,16H2,1-2H3,(H,17,19)(H,20,21)/p-1/t12-,13-/m0/s1. The molecule has 0 aliphatic carbocycles. The molecule has 0 spiro atoms. The number of carboxylic acid groups (broad SMARTS) is 1. The van der Waals surface area contributed by atoms with E-state index in [1.54, 1.807) is 12.1 Å². The van der Waals surface area contributed by atoms with Crippen molar-refractivity contribution in [2.75, 3.05) is 0 Å². The van der Waals surface area contributed by atoms with Gasteiger partial charge in [-0.2, -0.15) is 0 Å². The smallest absolute Gasteiger partial charge is 0.326 e. The number of carbonyl (C=O) groups is 2. The van der Waals surface area contributed by atoms with Gasteiger partial charge in [0.25, 0.3) is 0 Å². The molecule has 1 rings (SSSR count). The zero-order chi connectivity index (χ0) is 16.0. The lowest BCUT2D eigenvalue weighted by molar-refractivity contribution is -0.268. The van der Waals surface area contributed by atoms with Crippen LogP contribution in [0.25, 0.3) is 0 Å². The van der Waals surface area contributed by atoms with Crippen LogP contribution in [0.1, 0.15) is 25.8 Å². The zero-order valence-electron chi connectivity index (χ0n) is 12.2. The Hall–Kier alpha value is -2.08. The third-order valence-electron chi connectivity index (χ3n) is 3.04. The summed E-state index contributed by atoms with van der Waals surface area (Å²) in [6, 6.07) is 4.23. The van der Waals surface area contributed by atoms with Crippen molar-refractivity contribution in [1.82, 2.24) is 5.32 Å². The normalized spacial score (nSPS) is 13.7. The van der Waals surface area contributed by atoms with Crippen molar-refractivity contribution in [1.29, 1.82) is 0 Å². The number of hydrogen-bond acceptors (Lipinski definition) is 4. The Morgan fingerprint density at radius 3 is 2.33 bits per heavy atom. The minimum atomic E-state index is -1.07. The van der Waals surface area contributed by atoms with Gasteiger partial charge in [0, 0.05) is 0 Å². The Bertz CT molecular complexity index is 485. The summed E-state index contributed by atoms with van der Waals surface area (Å²) >= 11 is 0. The quantitative estimate of drug-likeness (QED) is 0.666. The lowest BCUT2D eigenvalue weighted by Gasteiger charge is -2.19. The van der Waals surface area contributed by atoms with Gasteiger partial charge < -0.3 is 21.3 Å². The van der Waals surface area contributed by atoms with Crippen molar-refractivity contribution < 1.29 is 19.8 Å². The van der Waals surface area contributed by atoms with Gasteiger partial charge in [0.05, 0.1) is 6.04 Å². The highest BCUT2D eigenvalue weighted by molar-refractivity contribution is 5.86. The number of carboxylic acids is 1. The molecule has 1 amide bonds. The molecule has 0 bridgehead atoms. The number of nitrogens with two attached hydrogens (primary N) is 1. The van der Waals surface area contributed by atoms with Gasteiger partial charge in [0.1, 0.15) is 6.04 Å². The first-order valence-corrected chi connectivity index (χ1v) is 6.84. The second-order valence-corrected chi connectivity index (χ2v) is 5.48. The van der Waals surface area contributed by atoms with E-state index in [0.29, 0.717) is 6.42 Å². The van der Waals surface area contributed by atoms with Crippen LogP contribution in [0, 0.1) is 5.92 Å². The average molecular weight is 293 g/mol. The highest BCUT2D eigenvalue weighted by Gasteiger charge is 2.24. The second kappa shape index (κ2) is 7.64. The summed E-state index contributed by atoms with van der Waals surface area (Å²) in [7, 11) is 0. The van der Waals surface area contributed by atoms with Crippen molar-refractivity contribution in [3.8, 4) is 5.75 Å². The van der Waals surface area contributed by atoms with Crippen molar-refractivity contribution in [2.24, 2.45) is 11.7 Å². The topological polar surface area (TPSA) is 115 Å². The number of amides is 1. The molecule has 1 aromatic carbocycles. The fraction of sp³-hybridized carbons (Fsp3) is 0.467. The van der Waals surface area contributed by atoms with Crippen LogP contribution in [0.4, 0.5) is 0 Å². The van der Waals surface area contributed by atoms with E-state index < -0.39 is 24.0 Å². The first-order valence-electron chi connectivity index (χ1n) is 6.84. The summed E-state index contributed by atoms with van der Waals surface area (Å²) in [6.07, 6.45) is 0.596. The minimum Gasteiger partial charge on any atom is -0.872 e. The first-order chi connectivity index (χ1) is 9.79. The molecule has 0 aliphatic rings. The van der Waals surface area contributed by atoms with Crippen LogP contribution in [-0.4, -0.2) is 29.1 Å². The fourth-order valence-electron chi connectivity index (χ4n) is 1.94. The minimum absolute atomic E-state index is 0.111. The maximum Gasteiger partial charge on any atom is 0.326 e. The number of hydrogen-bond donors (Lipinski definition) is 3. The van der Waals surface area contributed by atoms with Gasteiger partial charge in [-0.15, -0.1) is 5.75 Å². The third kappa shape index (κ3) is 5.83. The van der Waals surface area contributed by atoms with E-state index in [2.05, 4.69) is 5.32 Å². The molecule has 2 atom stereocenters. The summed E-state index contributed by atoms with van der Waals surface area (Å²) in [4.78, 5) is 23.0. The predicted octanol–water partition coefficient (Wildman–Crippen LogP) is 0.246. The molecule has 0 saturated carbocycles. The molecule has 0 heterocycles. The van der Waals surface area contributed by atoms with Crippen LogP contribution in [0.2, 0.25) is 0 Å². The van der Waals surface area contributed by atoms with Crippen LogP contribution in [0.5, 0.6) is 5.75 Å². The zero-order valence-corrected chi connectivity index (χ0v) is 12.2. The van der Waals surface area contributed by atoms with E-state index in [4.69, 9.17) is 10.8 Å². The highest BCUT2D eigenvalue weighted by Crippen LogP contribution is 2.09. The van der Waals surface area contributed by atoms with Crippen molar-refractivity contribution in [3.63, 3.8) is 0 Å². The van der Waals surface area contributed by atoms with E-state index in [9.17, 15) is 14.7 Å². The van der Waals surface area contributed by atoms with Gasteiger partial charge in [0.15, 0.2) is 0 Å². The molecule has 21 heavy (non-hydrogen) atoms. The first kappa shape index (κ1) is 17.0. The molecule has 0 saturated heterocycles. The van der Waals surface area contributed by atoms with E-state index >= 15 is 0 Å². The lowest BCUT2D eigenvalue weighted by atomic mass is 10.0. The second-order valence-electron chi connectivity index (χ2n) is 5.48. The van der Waals surface area contributed by atoms with Crippen LogP contribution >= 0.6 is 0 Å². The molecule has 1 aromatic rings. The van der Waals surface area contributed by atoms with Crippen molar-refractivity contribution in [2.45, 2.75) is 38.8 Å². The SMILES string of the molecule is CC(C)C[C@H](NC(=O)[C@@H](N)Cc1ccc([O-])cc1)C(=O)O. The highest BCUT2D eigenvalue weighted by atomic mass is 16.4. The molecule has 0 unspecified atom stereocenters. The van der Waals surface area contributed by atoms with Gasteiger partial charge in [-0.1, -0.05) is 38.1 Å². The number of rotatable bonds is 7. The van der Waals surface area contributed by atoms with Crippen molar-refractivity contribution in [3.05, 3.63) is 29.8 Å². The Balaban J connectivity index is 2.60. The molecule has 0 radical (unpaired) electrons. The van der Waals surface area contributed by atoms with E-state index in [1.165, 1.54) is 12.1 Å². The molecular formula is C15H21N2O4-. The van der Waals surface area contributed by atoms with Gasteiger partial charge in [0.2, 0.25) is 5.91 Å². The van der Waals surface area contributed by atoms with Crippen molar-refractivity contribution >= 4 is 11.9 Å². The Labute approximate surface area is 124 Å². The molecule has 116 valence electrons. The Morgan fingerprint density at radius 1 is 1.29 bits per heavy atom. The lowest BCUT2D eigenvalue weighted by Crippen LogP contribution is -2.49. The molecule has 4 N–H and O–H groups in total. The fourth-order valence-corrected chi connectivity index (χ4v) is 1.94. The molecule has 0 aromatic heterocycles. The number of benzene rings is 1. The number of nitrogens with one attached hydrogen (secondary N) is 1. The Morgan fingerprint density at radius 2 is 1.86 bits per heavy atom. The van der Waals surface area contributed by atoms with Gasteiger partial charge >= 0.3 is 5.97 Å². The van der Waals surface area contributed by atoms with Gasteiger partial charge in [-0.25, -0.2) is 4.79 Å². The van der Waals surface area contributed by atoms with E-state index in [-0.39, 0.29) is 18.1 Å². The Kier molecular flexibility index (Phi) is 6.17. The van der Waals surface area contributed by atoms with Crippen LogP contribution in [0.3, 0.4) is 0 Å².